The van der Waals surface area contributed by atoms with Crippen LogP contribution in [0, 0.1) is 0 Å². The van der Waals surface area contributed by atoms with Crippen molar-refractivity contribution in [1.82, 2.24) is 4.37 Å². The molecule has 0 amide bonds. The topological polar surface area (TPSA) is 79.7 Å². The highest BCUT2D eigenvalue weighted by molar-refractivity contribution is 7.05. The number of hydrogen-bond donors (Lipinski definition) is 2. The van der Waals surface area contributed by atoms with Gasteiger partial charge in [-0.2, -0.15) is 4.37 Å². The molecule has 0 saturated heterocycles. The normalized spacial score (nSPS) is 10.1. The maximum Gasteiger partial charge on any atom is 0.355 e. The van der Waals surface area contributed by atoms with Crippen molar-refractivity contribution in [2.45, 2.75) is 6.61 Å². The second kappa shape index (κ2) is 4.84. The van der Waals surface area contributed by atoms with Crippen molar-refractivity contribution in [3.63, 3.8) is 0 Å². The molecule has 0 atom stereocenters. The molecule has 2 N–H and O–H groups in total. The minimum absolute atomic E-state index is 0.0271. The first-order valence-corrected chi connectivity index (χ1v) is 5.53. The van der Waals surface area contributed by atoms with Gasteiger partial charge >= 0.3 is 5.97 Å². The van der Waals surface area contributed by atoms with Crippen LogP contribution in [0.5, 0.6) is 11.5 Å². The van der Waals surface area contributed by atoms with Crippen LogP contribution in [-0.2, 0) is 6.61 Å². The zero-order valence-corrected chi connectivity index (χ0v) is 9.48. The van der Waals surface area contributed by atoms with Crippen molar-refractivity contribution in [3.05, 3.63) is 40.9 Å². The lowest BCUT2D eigenvalue weighted by Gasteiger charge is -2.03. The molecule has 5 nitrogen and oxygen atoms in total. The number of benzene rings is 1. The number of hydrogen-bond acceptors (Lipinski definition) is 5. The summed E-state index contributed by atoms with van der Waals surface area (Å²) in [6.45, 7) is 0.260. The second-order valence-electron chi connectivity index (χ2n) is 3.27. The number of rotatable bonds is 4. The molecule has 2 aromatic rings. The molecular weight excluding hydrogens is 242 g/mol. The fraction of sp³-hybridized carbons (Fsp3) is 0.0909. The quantitative estimate of drug-likeness (QED) is 0.870. The van der Waals surface area contributed by atoms with Crippen molar-refractivity contribution < 1.29 is 19.7 Å². The predicted octanol–water partition coefficient (Wildman–Crippen LogP) is 2.13. The molecule has 0 spiro atoms. The Kier molecular flexibility index (Phi) is 3.24. The van der Waals surface area contributed by atoms with Crippen LogP contribution in [0.4, 0.5) is 0 Å². The highest BCUT2D eigenvalue weighted by Gasteiger charge is 2.08. The van der Waals surface area contributed by atoms with Gasteiger partial charge in [-0.05, 0) is 41.9 Å². The fourth-order valence-corrected chi connectivity index (χ4v) is 1.80. The van der Waals surface area contributed by atoms with Gasteiger partial charge < -0.3 is 14.9 Å². The molecule has 1 aromatic heterocycles. The van der Waals surface area contributed by atoms with Gasteiger partial charge in [0, 0.05) is 0 Å². The summed E-state index contributed by atoms with van der Waals surface area (Å²) >= 11 is 1.10. The fourth-order valence-electron chi connectivity index (χ4n) is 1.18. The van der Waals surface area contributed by atoms with Gasteiger partial charge in [0.15, 0.2) is 5.69 Å². The van der Waals surface area contributed by atoms with E-state index in [1.54, 1.807) is 12.1 Å². The highest BCUT2D eigenvalue weighted by atomic mass is 32.1. The minimum Gasteiger partial charge on any atom is -0.508 e. The van der Waals surface area contributed by atoms with Gasteiger partial charge in [0.1, 0.15) is 18.1 Å². The summed E-state index contributed by atoms with van der Waals surface area (Å²) in [7, 11) is 0. The third kappa shape index (κ3) is 2.94. The summed E-state index contributed by atoms with van der Waals surface area (Å²) in [5, 5.41) is 17.8. The zero-order valence-electron chi connectivity index (χ0n) is 8.66. The molecule has 1 heterocycles. The number of phenols is 1. The molecular formula is C11H9NO4S. The number of aromatic carboxylic acids is 1. The Morgan fingerprint density at radius 1 is 1.35 bits per heavy atom. The van der Waals surface area contributed by atoms with Crippen molar-refractivity contribution in [1.29, 1.82) is 0 Å². The largest absolute Gasteiger partial charge is 0.508 e. The van der Waals surface area contributed by atoms with Crippen LogP contribution in [0.3, 0.4) is 0 Å². The van der Waals surface area contributed by atoms with Crippen LogP contribution in [0.25, 0.3) is 0 Å². The van der Waals surface area contributed by atoms with E-state index in [1.165, 1.54) is 18.2 Å². The van der Waals surface area contributed by atoms with E-state index in [1.807, 2.05) is 0 Å². The maximum atomic E-state index is 10.6. The molecule has 17 heavy (non-hydrogen) atoms. The average molecular weight is 251 g/mol. The molecule has 6 heteroatoms. The van der Waals surface area contributed by atoms with Crippen LogP contribution in [0.1, 0.15) is 15.4 Å². The van der Waals surface area contributed by atoms with Crippen molar-refractivity contribution >= 4 is 17.5 Å². The summed E-state index contributed by atoms with van der Waals surface area (Å²) < 4.78 is 9.17. The third-order valence-electron chi connectivity index (χ3n) is 2.00. The summed E-state index contributed by atoms with van der Waals surface area (Å²) in [5.41, 5.74) is 0.0271. The van der Waals surface area contributed by atoms with Crippen LogP contribution < -0.4 is 4.74 Å². The molecule has 0 aliphatic carbocycles. The predicted molar refractivity (Wildman–Crippen MR) is 61.5 cm³/mol. The number of carboxylic acids is 1. The SMILES string of the molecule is O=C(O)c1cc(COc2ccc(O)cc2)sn1. The summed E-state index contributed by atoms with van der Waals surface area (Å²) in [5.74, 6) is -0.270. The van der Waals surface area contributed by atoms with E-state index in [0.717, 1.165) is 16.4 Å². The van der Waals surface area contributed by atoms with Crippen molar-refractivity contribution in [3.8, 4) is 11.5 Å². The van der Waals surface area contributed by atoms with E-state index in [0.29, 0.717) is 5.75 Å². The van der Waals surface area contributed by atoms with Gasteiger partial charge in [0.25, 0.3) is 0 Å². The van der Waals surface area contributed by atoms with E-state index in [9.17, 15) is 4.79 Å². The standard InChI is InChI=1S/C11H9NO4S/c13-7-1-3-8(4-2-7)16-6-9-5-10(11(14)15)12-17-9/h1-5,13H,6H2,(H,14,15). The lowest BCUT2D eigenvalue weighted by molar-refractivity contribution is 0.0692. The lowest BCUT2D eigenvalue weighted by atomic mass is 10.3. The van der Waals surface area contributed by atoms with Gasteiger partial charge in [-0.15, -0.1) is 0 Å². The first-order valence-electron chi connectivity index (χ1n) is 4.76. The Balaban J connectivity index is 1.97. The van der Waals surface area contributed by atoms with Gasteiger partial charge in [0.2, 0.25) is 0 Å². The van der Waals surface area contributed by atoms with Crippen LogP contribution >= 0.6 is 11.5 Å². The van der Waals surface area contributed by atoms with Gasteiger partial charge in [-0.1, -0.05) is 0 Å². The molecule has 0 bridgehead atoms. The smallest absolute Gasteiger partial charge is 0.355 e. The minimum atomic E-state index is -1.04. The molecule has 0 unspecified atom stereocenters. The molecule has 88 valence electrons. The number of ether oxygens (including phenoxy) is 1. The molecule has 0 aliphatic rings. The maximum absolute atomic E-state index is 10.6. The van der Waals surface area contributed by atoms with Gasteiger partial charge in [-0.25, -0.2) is 4.79 Å². The number of nitrogens with zero attached hydrogens (tertiary/aromatic N) is 1. The Morgan fingerprint density at radius 3 is 2.65 bits per heavy atom. The average Bonchev–Trinajstić information content (AvgIpc) is 2.77. The molecule has 0 saturated carbocycles. The highest BCUT2D eigenvalue weighted by Crippen LogP contribution is 2.18. The zero-order chi connectivity index (χ0) is 12.3. The number of aromatic hydroxyl groups is 1. The molecule has 1 aromatic carbocycles. The van der Waals surface area contributed by atoms with E-state index in [-0.39, 0.29) is 18.1 Å². The summed E-state index contributed by atoms with van der Waals surface area (Å²) in [6, 6.07) is 7.78. The monoisotopic (exact) mass is 251 g/mol. The number of carboxylic acid groups (broad SMARTS) is 1. The van der Waals surface area contributed by atoms with Gasteiger partial charge in [0.05, 0.1) is 4.88 Å². The van der Waals surface area contributed by atoms with E-state index in [4.69, 9.17) is 14.9 Å². The summed E-state index contributed by atoms with van der Waals surface area (Å²) in [6.07, 6.45) is 0. The lowest BCUT2D eigenvalue weighted by Crippen LogP contribution is -1.95. The molecule has 0 aliphatic heterocycles. The van der Waals surface area contributed by atoms with Crippen molar-refractivity contribution in [2.24, 2.45) is 0 Å². The van der Waals surface area contributed by atoms with Gasteiger partial charge in [-0.3, -0.25) is 0 Å². The molecule has 0 radical (unpaired) electrons. The number of carbonyl (C=O) groups is 1. The Bertz CT molecular complexity index is 521. The first kappa shape index (κ1) is 11.4. The number of phenolic OH excluding ortho intramolecular Hbond substituents is 1. The molecule has 2 rings (SSSR count). The van der Waals surface area contributed by atoms with Crippen LogP contribution in [0.15, 0.2) is 30.3 Å². The van der Waals surface area contributed by atoms with Crippen molar-refractivity contribution in [2.75, 3.05) is 0 Å². The van der Waals surface area contributed by atoms with E-state index in [2.05, 4.69) is 4.37 Å². The first-order chi connectivity index (χ1) is 8.15. The Morgan fingerprint density at radius 2 is 2.06 bits per heavy atom. The number of aromatic nitrogens is 1. The Labute approximate surface area is 101 Å². The van der Waals surface area contributed by atoms with Crippen LogP contribution in [-0.4, -0.2) is 20.6 Å². The van der Waals surface area contributed by atoms with E-state index < -0.39 is 5.97 Å². The third-order valence-corrected chi connectivity index (χ3v) is 2.75. The Hall–Kier alpha value is -2.08. The van der Waals surface area contributed by atoms with Crippen LogP contribution in [0.2, 0.25) is 0 Å². The summed E-state index contributed by atoms with van der Waals surface area (Å²) in [4.78, 5) is 11.3. The van der Waals surface area contributed by atoms with E-state index >= 15 is 0 Å². The molecule has 0 fully saturated rings. The second-order valence-corrected chi connectivity index (χ2v) is 4.16.